The average Bonchev–Trinajstić information content (AvgIpc) is 3.16. The van der Waals surface area contributed by atoms with Crippen LogP contribution in [-0.4, -0.2) is 15.7 Å². The number of fused-ring (bicyclic) bond motifs is 2. The maximum absolute atomic E-state index is 12.9. The Labute approximate surface area is 163 Å². The molecule has 3 aromatic rings. The Balaban J connectivity index is 1.63. The van der Waals surface area contributed by atoms with Crippen molar-refractivity contribution in [1.82, 2.24) is 20.4 Å². The SMILES string of the molecule is CC(C)Cn1nc(C(=O)NCc2ccc3c(c2)CNC3)c2ccccc2c1=O. The van der Waals surface area contributed by atoms with Gasteiger partial charge < -0.3 is 10.6 Å². The largest absolute Gasteiger partial charge is 0.347 e. The van der Waals surface area contributed by atoms with Crippen LogP contribution in [0.25, 0.3) is 10.8 Å². The smallest absolute Gasteiger partial charge is 0.274 e. The van der Waals surface area contributed by atoms with Crippen molar-refractivity contribution in [3.63, 3.8) is 0 Å². The van der Waals surface area contributed by atoms with E-state index in [4.69, 9.17) is 0 Å². The number of hydrogen-bond donors (Lipinski definition) is 2. The Bertz CT molecular complexity index is 1100. The van der Waals surface area contributed by atoms with E-state index in [0.29, 0.717) is 29.6 Å². The lowest BCUT2D eigenvalue weighted by molar-refractivity contribution is 0.0945. The molecule has 0 bridgehead atoms. The highest BCUT2D eigenvalue weighted by Crippen LogP contribution is 2.18. The third-order valence-electron chi connectivity index (χ3n) is 4.98. The van der Waals surface area contributed by atoms with Crippen molar-refractivity contribution in [2.24, 2.45) is 5.92 Å². The molecule has 0 radical (unpaired) electrons. The van der Waals surface area contributed by atoms with Crippen LogP contribution in [0.5, 0.6) is 0 Å². The Morgan fingerprint density at radius 2 is 1.89 bits per heavy atom. The maximum atomic E-state index is 12.9. The monoisotopic (exact) mass is 376 g/mol. The lowest BCUT2D eigenvalue weighted by atomic mass is 10.1. The second kappa shape index (κ2) is 7.56. The minimum absolute atomic E-state index is 0.160. The van der Waals surface area contributed by atoms with Crippen LogP contribution in [0.15, 0.2) is 47.3 Å². The van der Waals surface area contributed by atoms with E-state index >= 15 is 0 Å². The molecular weight excluding hydrogens is 352 g/mol. The van der Waals surface area contributed by atoms with Crippen molar-refractivity contribution in [2.75, 3.05) is 0 Å². The molecule has 1 aliphatic heterocycles. The number of aromatic nitrogens is 2. The predicted octanol–water partition coefficient (Wildman–Crippen LogP) is 2.59. The zero-order valence-electron chi connectivity index (χ0n) is 16.2. The van der Waals surface area contributed by atoms with Crippen LogP contribution < -0.4 is 16.2 Å². The molecule has 6 heteroatoms. The zero-order valence-corrected chi connectivity index (χ0v) is 16.2. The number of carbonyl (C=O) groups is 1. The highest BCUT2D eigenvalue weighted by atomic mass is 16.2. The van der Waals surface area contributed by atoms with E-state index in [-0.39, 0.29) is 17.4 Å². The highest BCUT2D eigenvalue weighted by molar-refractivity contribution is 6.04. The molecule has 2 N–H and O–H groups in total. The summed E-state index contributed by atoms with van der Waals surface area (Å²) >= 11 is 0. The van der Waals surface area contributed by atoms with E-state index in [1.54, 1.807) is 12.1 Å². The molecule has 0 aliphatic carbocycles. The van der Waals surface area contributed by atoms with Crippen molar-refractivity contribution < 1.29 is 4.79 Å². The van der Waals surface area contributed by atoms with Gasteiger partial charge in [0.05, 0.1) is 5.39 Å². The van der Waals surface area contributed by atoms with Gasteiger partial charge in [-0.05, 0) is 28.7 Å². The van der Waals surface area contributed by atoms with Gasteiger partial charge in [-0.2, -0.15) is 5.10 Å². The number of nitrogens with zero attached hydrogens (tertiary/aromatic N) is 2. The van der Waals surface area contributed by atoms with Crippen molar-refractivity contribution in [3.8, 4) is 0 Å². The molecule has 2 aromatic carbocycles. The summed E-state index contributed by atoms with van der Waals surface area (Å²) in [6, 6.07) is 13.4. The summed E-state index contributed by atoms with van der Waals surface area (Å²) < 4.78 is 1.41. The van der Waals surface area contributed by atoms with Crippen molar-refractivity contribution in [1.29, 1.82) is 0 Å². The molecule has 0 spiro atoms. The molecule has 0 unspecified atom stereocenters. The summed E-state index contributed by atoms with van der Waals surface area (Å²) in [6.07, 6.45) is 0. The van der Waals surface area contributed by atoms with Crippen molar-refractivity contribution in [3.05, 3.63) is 75.2 Å². The Morgan fingerprint density at radius 3 is 2.68 bits per heavy atom. The molecule has 0 atom stereocenters. The lowest BCUT2D eigenvalue weighted by Crippen LogP contribution is -2.31. The molecule has 144 valence electrons. The third kappa shape index (κ3) is 3.55. The average molecular weight is 376 g/mol. The van der Waals surface area contributed by atoms with E-state index in [1.165, 1.54) is 15.8 Å². The summed E-state index contributed by atoms with van der Waals surface area (Å²) in [5.74, 6) is -0.0189. The number of nitrogens with one attached hydrogen (secondary N) is 2. The van der Waals surface area contributed by atoms with Crippen molar-refractivity contribution >= 4 is 16.7 Å². The van der Waals surface area contributed by atoms with E-state index in [2.05, 4.69) is 27.9 Å². The molecule has 0 saturated carbocycles. The molecule has 1 aromatic heterocycles. The van der Waals surface area contributed by atoms with Crippen LogP contribution >= 0.6 is 0 Å². The summed E-state index contributed by atoms with van der Waals surface area (Å²) in [7, 11) is 0. The molecule has 28 heavy (non-hydrogen) atoms. The second-order valence-electron chi connectivity index (χ2n) is 7.66. The second-order valence-corrected chi connectivity index (χ2v) is 7.66. The van der Waals surface area contributed by atoms with E-state index < -0.39 is 0 Å². The summed E-state index contributed by atoms with van der Waals surface area (Å²) in [5.41, 5.74) is 3.77. The minimum Gasteiger partial charge on any atom is -0.347 e. The molecule has 0 fully saturated rings. The van der Waals surface area contributed by atoms with Gasteiger partial charge in [0.15, 0.2) is 5.69 Å². The molecule has 0 saturated heterocycles. The number of carbonyl (C=O) groups excluding carboxylic acids is 1. The summed E-state index contributed by atoms with van der Waals surface area (Å²) in [4.78, 5) is 25.6. The molecule has 1 amide bonds. The fourth-order valence-corrected chi connectivity index (χ4v) is 3.60. The fraction of sp³-hybridized carbons (Fsp3) is 0.318. The summed E-state index contributed by atoms with van der Waals surface area (Å²) in [6.45, 7) is 6.70. The lowest BCUT2D eigenvalue weighted by Gasteiger charge is -2.13. The first-order chi connectivity index (χ1) is 13.5. The van der Waals surface area contributed by atoms with Crippen LogP contribution in [-0.2, 0) is 26.2 Å². The molecule has 6 nitrogen and oxygen atoms in total. The maximum Gasteiger partial charge on any atom is 0.274 e. The molecule has 2 heterocycles. The van der Waals surface area contributed by atoms with Crippen LogP contribution in [0.1, 0.15) is 41.0 Å². The van der Waals surface area contributed by atoms with Gasteiger partial charge in [-0.1, -0.05) is 50.2 Å². The Hall–Kier alpha value is -2.99. The Kier molecular flexibility index (Phi) is 4.96. The predicted molar refractivity (Wildman–Crippen MR) is 109 cm³/mol. The number of hydrogen-bond acceptors (Lipinski definition) is 4. The van der Waals surface area contributed by atoms with Crippen LogP contribution in [0.2, 0.25) is 0 Å². The van der Waals surface area contributed by atoms with Gasteiger partial charge in [0, 0.05) is 31.6 Å². The first-order valence-corrected chi connectivity index (χ1v) is 9.62. The molecule has 4 rings (SSSR count). The third-order valence-corrected chi connectivity index (χ3v) is 4.98. The van der Waals surface area contributed by atoms with E-state index in [9.17, 15) is 9.59 Å². The van der Waals surface area contributed by atoms with Gasteiger partial charge >= 0.3 is 0 Å². The van der Waals surface area contributed by atoms with Crippen LogP contribution in [0, 0.1) is 5.92 Å². The van der Waals surface area contributed by atoms with Gasteiger partial charge in [0.1, 0.15) is 0 Å². The zero-order chi connectivity index (χ0) is 19.7. The minimum atomic E-state index is -0.271. The highest BCUT2D eigenvalue weighted by Gasteiger charge is 2.17. The van der Waals surface area contributed by atoms with E-state index in [1.807, 2.05) is 32.0 Å². The van der Waals surface area contributed by atoms with Gasteiger partial charge in [0.2, 0.25) is 0 Å². The standard InChI is InChI=1S/C22H24N4O2/c1-14(2)13-26-22(28)19-6-4-3-5-18(19)20(25-26)21(27)24-10-15-7-8-16-11-23-12-17(16)9-15/h3-9,14,23H,10-13H2,1-2H3,(H,24,27). The van der Waals surface area contributed by atoms with Crippen molar-refractivity contribution in [2.45, 2.75) is 40.0 Å². The van der Waals surface area contributed by atoms with E-state index in [0.717, 1.165) is 18.7 Å². The number of benzene rings is 2. The molecule has 1 aliphatic rings. The fourth-order valence-electron chi connectivity index (χ4n) is 3.60. The normalized spacial score (nSPS) is 13.1. The number of rotatable bonds is 5. The van der Waals surface area contributed by atoms with Gasteiger partial charge in [0.25, 0.3) is 11.5 Å². The molecular formula is C22H24N4O2. The Morgan fingerprint density at radius 1 is 1.14 bits per heavy atom. The van der Waals surface area contributed by atoms with Crippen LogP contribution in [0.3, 0.4) is 0 Å². The first kappa shape index (κ1) is 18.4. The summed E-state index contributed by atoms with van der Waals surface area (Å²) in [5, 5.41) is 11.8. The van der Waals surface area contributed by atoms with Crippen LogP contribution in [0.4, 0.5) is 0 Å². The number of amides is 1. The van der Waals surface area contributed by atoms with Gasteiger partial charge in [-0.25, -0.2) is 4.68 Å². The quantitative estimate of drug-likeness (QED) is 0.718. The van der Waals surface area contributed by atoms with Gasteiger partial charge in [-0.15, -0.1) is 0 Å². The first-order valence-electron chi connectivity index (χ1n) is 9.62. The van der Waals surface area contributed by atoms with Gasteiger partial charge in [-0.3, -0.25) is 9.59 Å². The topological polar surface area (TPSA) is 76.0 Å².